The topological polar surface area (TPSA) is 62.7 Å². The maximum Gasteiger partial charge on any atom is 0.274 e. The Hall–Kier alpha value is -1.90. The summed E-state index contributed by atoms with van der Waals surface area (Å²) in [6, 6.07) is 3.55. The number of hydrogen-bond donors (Lipinski definition) is 1. The molecule has 1 aliphatic rings. The number of amides is 1. The number of aliphatic hydroxyl groups excluding tert-OH is 1. The molecule has 1 atom stereocenters. The van der Waals surface area contributed by atoms with E-state index in [0.29, 0.717) is 31.0 Å². The summed E-state index contributed by atoms with van der Waals surface area (Å²) < 4.78 is 5.41. The van der Waals surface area contributed by atoms with Crippen LogP contribution in [0, 0.1) is 11.8 Å². The smallest absolute Gasteiger partial charge is 0.274 e. The molecule has 1 aromatic rings. The number of morpholine rings is 1. The number of rotatable bonds is 2. The Bertz CT molecular complexity index is 533. The van der Waals surface area contributed by atoms with Crippen molar-refractivity contribution < 1.29 is 14.6 Å². The van der Waals surface area contributed by atoms with Gasteiger partial charge in [-0.3, -0.25) is 4.79 Å². The fourth-order valence-corrected chi connectivity index (χ4v) is 2.21. The fourth-order valence-electron chi connectivity index (χ4n) is 2.21. The highest BCUT2D eigenvalue weighted by Crippen LogP contribution is 2.15. The number of nitrogens with zero attached hydrogens (tertiary/aromatic N) is 2. The molecule has 1 aromatic heterocycles. The summed E-state index contributed by atoms with van der Waals surface area (Å²) in [5.41, 5.74) is 0.890. The van der Waals surface area contributed by atoms with Crippen LogP contribution in [0.3, 0.4) is 0 Å². The second-order valence-corrected chi connectivity index (χ2v) is 4.49. The van der Waals surface area contributed by atoms with Crippen LogP contribution in [0.5, 0.6) is 0 Å². The van der Waals surface area contributed by atoms with E-state index >= 15 is 0 Å². The highest BCUT2D eigenvalue weighted by molar-refractivity contribution is 5.95. The molecule has 2 heterocycles. The number of pyridine rings is 1. The predicted octanol–water partition coefficient (Wildman–Crippen LogP) is 0.676. The molecule has 106 valence electrons. The first-order valence-electron chi connectivity index (χ1n) is 6.71. The van der Waals surface area contributed by atoms with Crippen LogP contribution in [0.4, 0.5) is 0 Å². The van der Waals surface area contributed by atoms with Crippen molar-refractivity contribution in [3.05, 3.63) is 29.6 Å². The van der Waals surface area contributed by atoms with Crippen LogP contribution in [0.1, 0.15) is 29.4 Å². The van der Waals surface area contributed by atoms with Gasteiger partial charge in [0.05, 0.1) is 24.8 Å². The predicted molar refractivity (Wildman–Crippen MR) is 74.1 cm³/mol. The second kappa shape index (κ2) is 7.04. The van der Waals surface area contributed by atoms with Crippen molar-refractivity contribution in [2.75, 3.05) is 26.4 Å². The normalized spacial score (nSPS) is 18.3. The zero-order valence-electron chi connectivity index (χ0n) is 11.5. The Balaban J connectivity index is 2.28. The van der Waals surface area contributed by atoms with Crippen LogP contribution in [-0.4, -0.2) is 53.3 Å². The maximum atomic E-state index is 12.6. The monoisotopic (exact) mass is 274 g/mol. The lowest BCUT2D eigenvalue weighted by Crippen LogP contribution is -2.48. The van der Waals surface area contributed by atoms with Gasteiger partial charge < -0.3 is 14.7 Å². The van der Waals surface area contributed by atoms with Gasteiger partial charge in [-0.15, -0.1) is 0 Å². The van der Waals surface area contributed by atoms with Crippen molar-refractivity contribution in [1.82, 2.24) is 9.88 Å². The Labute approximate surface area is 118 Å². The van der Waals surface area contributed by atoms with Crippen LogP contribution < -0.4 is 0 Å². The molecule has 5 heteroatoms. The van der Waals surface area contributed by atoms with E-state index < -0.39 is 0 Å². The van der Waals surface area contributed by atoms with Gasteiger partial charge in [0.15, 0.2) is 0 Å². The second-order valence-electron chi connectivity index (χ2n) is 4.49. The van der Waals surface area contributed by atoms with Gasteiger partial charge in [0, 0.05) is 12.7 Å². The first kappa shape index (κ1) is 14.5. The average molecular weight is 274 g/mol. The van der Waals surface area contributed by atoms with E-state index in [1.807, 2.05) is 6.92 Å². The third-order valence-corrected chi connectivity index (χ3v) is 3.27. The van der Waals surface area contributed by atoms with E-state index in [0.717, 1.165) is 6.42 Å². The molecule has 0 spiro atoms. The molecule has 5 nitrogen and oxygen atoms in total. The van der Waals surface area contributed by atoms with Gasteiger partial charge in [-0.25, -0.2) is 4.98 Å². The lowest BCUT2D eigenvalue weighted by atomic mass is 10.1. The zero-order valence-corrected chi connectivity index (χ0v) is 11.5. The lowest BCUT2D eigenvalue weighted by molar-refractivity contribution is -0.00312. The minimum atomic E-state index is -0.238. The molecule has 0 aliphatic carbocycles. The van der Waals surface area contributed by atoms with Crippen molar-refractivity contribution in [3.8, 4) is 11.8 Å². The van der Waals surface area contributed by atoms with Gasteiger partial charge in [-0.05, 0) is 18.6 Å². The molecular weight excluding hydrogens is 256 g/mol. The largest absolute Gasteiger partial charge is 0.384 e. The van der Waals surface area contributed by atoms with Crippen molar-refractivity contribution in [3.63, 3.8) is 0 Å². The van der Waals surface area contributed by atoms with E-state index in [1.165, 1.54) is 0 Å². The summed E-state index contributed by atoms with van der Waals surface area (Å²) in [6.07, 6.45) is 2.43. The number of carbonyl (C=O) groups excluding carboxylic acids is 1. The van der Waals surface area contributed by atoms with E-state index in [4.69, 9.17) is 9.84 Å². The summed E-state index contributed by atoms with van der Waals surface area (Å²) in [6.45, 7) is 3.47. The van der Waals surface area contributed by atoms with Crippen molar-refractivity contribution in [1.29, 1.82) is 0 Å². The van der Waals surface area contributed by atoms with Gasteiger partial charge in [0.1, 0.15) is 12.3 Å². The molecule has 1 fully saturated rings. The van der Waals surface area contributed by atoms with Gasteiger partial charge in [-0.1, -0.05) is 18.8 Å². The minimum absolute atomic E-state index is 0.0805. The van der Waals surface area contributed by atoms with Crippen LogP contribution in [0.2, 0.25) is 0 Å². The van der Waals surface area contributed by atoms with Crippen LogP contribution >= 0.6 is 0 Å². The summed E-state index contributed by atoms with van der Waals surface area (Å²) >= 11 is 0. The number of aliphatic hydroxyl groups is 1. The molecule has 0 aromatic carbocycles. The average Bonchev–Trinajstić information content (AvgIpc) is 2.52. The Morgan fingerprint density at radius 3 is 3.25 bits per heavy atom. The highest BCUT2D eigenvalue weighted by atomic mass is 16.5. The Morgan fingerprint density at radius 2 is 2.50 bits per heavy atom. The van der Waals surface area contributed by atoms with Crippen LogP contribution in [0.15, 0.2) is 18.3 Å². The fraction of sp³-hybridized carbons (Fsp3) is 0.467. The van der Waals surface area contributed by atoms with Gasteiger partial charge in [0.25, 0.3) is 5.91 Å². The molecular formula is C15H18N2O3. The number of aromatic nitrogens is 1. The summed E-state index contributed by atoms with van der Waals surface area (Å²) in [4.78, 5) is 18.6. The molecule has 1 amide bonds. The minimum Gasteiger partial charge on any atom is -0.384 e. The molecule has 0 radical (unpaired) electrons. The standard InChI is InChI=1S/C15H18N2O3/c1-2-13-11-20-10-8-17(13)15(19)14-12(6-4-9-18)5-3-7-16-14/h3,5,7,13,18H,2,8-11H2,1H3. The van der Waals surface area contributed by atoms with E-state index in [-0.39, 0.29) is 18.6 Å². The van der Waals surface area contributed by atoms with Gasteiger partial charge in [-0.2, -0.15) is 0 Å². The van der Waals surface area contributed by atoms with Crippen LogP contribution in [-0.2, 0) is 4.74 Å². The third kappa shape index (κ3) is 3.16. The molecule has 2 rings (SSSR count). The molecule has 0 bridgehead atoms. The summed E-state index contributed by atoms with van der Waals surface area (Å²) in [7, 11) is 0. The van der Waals surface area contributed by atoms with Crippen LogP contribution in [0.25, 0.3) is 0 Å². The van der Waals surface area contributed by atoms with E-state index in [9.17, 15) is 4.79 Å². The Kier molecular flexibility index (Phi) is 5.10. The molecule has 1 N–H and O–H groups in total. The first-order valence-corrected chi connectivity index (χ1v) is 6.71. The molecule has 1 saturated heterocycles. The summed E-state index contributed by atoms with van der Waals surface area (Å²) in [5, 5.41) is 8.78. The molecule has 1 aliphatic heterocycles. The number of ether oxygens (including phenoxy) is 1. The van der Waals surface area contributed by atoms with E-state index in [1.54, 1.807) is 23.2 Å². The third-order valence-electron chi connectivity index (χ3n) is 3.27. The van der Waals surface area contributed by atoms with Gasteiger partial charge >= 0.3 is 0 Å². The maximum absolute atomic E-state index is 12.6. The Morgan fingerprint density at radius 1 is 1.65 bits per heavy atom. The first-order chi connectivity index (χ1) is 9.77. The van der Waals surface area contributed by atoms with Crippen molar-refractivity contribution in [2.45, 2.75) is 19.4 Å². The SMILES string of the molecule is CCC1COCCN1C(=O)c1ncccc1C#CCO. The van der Waals surface area contributed by atoms with Crippen molar-refractivity contribution >= 4 is 5.91 Å². The van der Waals surface area contributed by atoms with Crippen molar-refractivity contribution in [2.24, 2.45) is 0 Å². The van der Waals surface area contributed by atoms with E-state index in [2.05, 4.69) is 16.8 Å². The van der Waals surface area contributed by atoms with Gasteiger partial charge in [0.2, 0.25) is 0 Å². The number of hydrogen-bond acceptors (Lipinski definition) is 4. The zero-order chi connectivity index (χ0) is 14.4. The molecule has 20 heavy (non-hydrogen) atoms. The molecule has 0 saturated carbocycles. The highest BCUT2D eigenvalue weighted by Gasteiger charge is 2.28. The summed E-state index contributed by atoms with van der Waals surface area (Å²) in [5.74, 6) is 5.21. The lowest BCUT2D eigenvalue weighted by Gasteiger charge is -2.35. The number of carbonyl (C=O) groups is 1. The quantitative estimate of drug-likeness (QED) is 0.805. The molecule has 1 unspecified atom stereocenters.